The Kier molecular flexibility index (Phi) is 11.1. The molecule has 2 aliphatic heterocycles. The fourth-order valence-electron chi connectivity index (χ4n) is 5.12. The predicted octanol–water partition coefficient (Wildman–Crippen LogP) is 4.68. The smallest absolute Gasteiger partial charge is 0.325 e. The van der Waals surface area contributed by atoms with E-state index in [0.717, 1.165) is 42.7 Å². The molecule has 0 spiro atoms. The first kappa shape index (κ1) is 29.0. The molecule has 9 heteroatoms. The monoisotopic (exact) mass is 539 g/mol. The highest BCUT2D eigenvalue weighted by Crippen LogP contribution is 2.38. The van der Waals surface area contributed by atoms with Crippen molar-refractivity contribution in [3.63, 3.8) is 0 Å². The number of aliphatic hydroxyl groups is 1. The van der Waals surface area contributed by atoms with Gasteiger partial charge in [0.1, 0.15) is 6.54 Å². The quantitative estimate of drug-likeness (QED) is 0.397. The topological polar surface area (TPSA) is 109 Å². The van der Waals surface area contributed by atoms with Gasteiger partial charge in [0.2, 0.25) is 0 Å². The minimum atomic E-state index is -0.606. The molecule has 2 aromatic carbocycles. The van der Waals surface area contributed by atoms with Gasteiger partial charge in [0.25, 0.3) is 0 Å². The molecule has 2 heterocycles. The number of carbonyl (C=O) groups is 2. The lowest BCUT2D eigenvalue weighted by molar-refractivity contribution is -0.253. The van der Waals surface area contributed by atoms with Gasteiger partial charge in [-0.1, -0.05) is 55.7 Å². The number of esters is 1. The van der Waals surface area contributed by atoms with Gasteiger partial charge < -0.3 is 34.9 Å². The Morgan fingerprint density at radius 3 is 2.46 bits per heavy atom. The van der Waals surface area contributed by atoms with Crippen LogP contribution in [0.3, 0.4) is 0 Å². The van der Waals surface area contributed by atoms with E-state index in [2.05, 4.69) is 15.5 Å². The minimum absolute atomic E-state index is 0.00226. The van der Waals surface area contributed by atoms with Gasteiger partial charge in [-0.3, -0.25) is 4.79 Å². The molecule has 3 N–H and O–H groups in total. The van der Waals surface area contributed by atoms with Gasteiger partial charge in [-0.2, -0.15) is 0 Å². The lowest BCUT2D eigenvalue weighted by atomic mass is 9.99. The maximum Gasteiger partial charge on any atom is 0.325 e. The first-order valence-electron chi connectivity index (χ1n) is 14.1. The summed E-state index contributed by atoms with van der Waals surface area (Å²) in [4.78, 5) is 26.4. The molecule has 3 unspecified atom stereocenters. The second-order valence-corrected chi connectivity index (χ2v) is 10.2. The number of aliphatic hydroxyl groups excluding tert-OH is 1. The average molecular weight is 540 g/mol. The molecule has 0 bridgehead atoms. The number of amides is 2. The summed E-state index contributed by atoms with van der Waals surface area (Å²) in [6.45, 7) is 4.79. The molecule has 4 rings (SSSR count). The number of ether oxygens (including phenoxy) is 3. The van der Waals surface area contributed by atoms with Gasteiger partial charge in [0.05, 0.1) is 25.4 Å². The molecule has 2 fully saturated rings. The van der Waals surface area contributed by atoms with E-state index in [0.29, 0.717) is 5.69 Å². The van der Waals surface area contributed by atoms with Crippen LogP contribution in [0.1, 0.15) is 74.5 Å². The maximum atomic E-state index is 12.3. The van der Waals surface area contributed by atoms with Gasteiger partial charge in [-0.05, 0) is 56.1 Å². The van der Waals surface area contributed by atoms with Crippen LogP contribution >= 0.6 is 0 Å². The predicted molar refractivity (Wildman–Crippen MR) is 148 cm³/mol. The number of likely N-dealkylation sites (tertiary alicyclic amines) is 1. The van der Waals surface area contributed by atoms with Crippen LogP contribution < -0.4 is 10.6 Å². The number of rotatable bonds is 9. The third-order valence-corrected chi connectivity index (χ3v) is 7.14. The fraction of sp³-hybridized carbons (Fsp3) is 0.533. The second-order valence-electron chi connectivity index (χ2n) is 10.2. The lowest BCUT2D eigenvalue weighted by Crippen LogP contribution is -2.40. The summed E-state index contributed by atoms with van der Waals surface area (Å²) in [5.74, 6) is -0.491. The van der Waals surface area contributed by atoms with Crippen molar-refractivity contribution in [3.8, 4) is 0 Å². The molecule has 2 aromatic rings. The standard InChI is InChI=1S/C30H41N3O6/c1-2-37-28(35)19-31-30(36)32-25-10-8-9-24(17-25)29-38-26(20-33-15-6-4-3-5-7-16-33)18-27(39-29)23-13-11-22(21-34)12-14-23/h8-14,17,26-27,29,34H,2-7,15-16,18-21H2,1H3,(H2,31,32,36). The van der Waals surface area contributed by atoms with Crippen LogP contribution in [-0.2, 0) is 25.6 Å². The highest BCUT2D eigenvalue weighted by molar-refractivity contribution is 5.91. The van der Waals surface area contributed by atoms with Crippen LogP contribution in [-0.4, -0.2) is 60.9 Å². The Labute approximate surface area is 230 Å². The summed E-state index contributed by atoms with van der Waals surface area (Å²) >= 11 is 0. The van der Waals surface area contributed by atoms with E-state index in [4.69, 9.17) is 14.2 Å². The molecule has 0 saturated carbocycles. The third kappa shape index (κ3) is 9.03. The summed E-state index contributed by atoms with van der Waals surface area (Å²) < 4.78 is 17.8. The summed E-state index contributed by atoms with van der Waals surface area (Å²) in [5, 5.41) is 14.7. The van der Waals surface area contributed by atoms with Crippen LogP contribution in [0.4, 0.5) is 10.5 Å². The van der Waals surface area contributed by atoms with Crippen molar-refractivity contribution in [1.29, 1.82) is 0 Å². The first-order valence-corrected chi connectivity index (χ1v) is 14.1. The van der Waals surface area contributed by atoms with E-state index < -0.39 is 18.3 Å². The van der Waals surface area contributed by atoms with E-state index in [9.17, 15) is 14.7 Å². The summed E-state index contributed by atoms with van der Waals surface area (Å²) in [7, 11) is 0. The maximum absolute atomic E-state index is 12.3. The first-order chi connectivity index (χ1) is 19.0. The van der Waals surface area contributed by atoms with E-state index in [1.165, 1.54) is 32.1 Å². The molecule has 39 heavy (non-hydrogen) atoms. The van der Waals surface area contributed by atoms with Crippen LogP contribution in [0.2, 0.25) is 0 Å². The van der Waals surface area contributed by atoms with Gasteiger partial charge in [0, 0.05) is 24.2 Å². The molecule has 2 aliphatic rings. The largest absolute Gasteiger partial charge is 0.465 e. The molecule has 0 aromatic heterocycles. The molecule has 0 radical (unpaired) electrons. The SMILES string of the molecule is CCOC(=O)CNC(=O)Nc1cccc(C2OC(CN3CCCCCCC3)CC(c3ccc(CO)cc3)O2)c1. The highest BCUT2D eigenvalue weighted by atomic mass is 16.7. The van der Waals surface area contributed by atoms with Gasteiger partial charge in [-0.15, -0.1) is 0 Å². The zero-order valence-corrected chi connectivity index (χ0v) is 22.8. The van der Waals surface area contributed by atoms with Gasteiger partial charge in [0.15, 0.2) is 6.29 Å². The Balaban J connectivity index is 1.47. The van der Waals surface area contributed by atoms with E-state index >= 15 is 0 Å². The zero-order chi connectivity index (χ0) is 27.5. The van der Waals surface area contributed by atoms with Gasteiger partial charge >= 0.3 is 12.0 Å². The van der Waals surface area contributed by atoms with Crippen molar-refractivity contribution in [2.45, 2.75) is 70.6 Å². The van der Waals surface area contributed by atoms with E-state index in [1.807, 2.05) is 42.5 Å². The summed E-state index contributed by atoms with van der Waals surface area (Å²) in [6, 6.07) is 14.8. The number of nitrogens with one attached hydrogen (secondary N) is 2. The number of benzene rings is 2. The number of urea groups is 1. The Morgan fingerprint density at radius 1 is 1.00 bits per heavy atom. The summed E-state index contributed by atoms with van der Waals surface area (Å²) in [6.07, 6.45) is 6.25. The molecule has 9 nitrogen and oxygen atoms in total. The second kappa shape index (κ2) is 15.0. The minimum Gasteiger partial charge on any atom is -0.465 e. The van der Waals surface area contributed by atoms with E-state index in [-0.39, 0.29) is 32.0 Å². The van der Waals surface area contributed by atoms with Crippen molar-refractivity contribution in [1.82, 2.24) is 10.2 Å². The van der Waals surface area contributed by atoms with Crippen molar-refractivity contribution >= 4 is 17.7 Å². The molecule has 3 atom stereocenters. The number of hydrogen-bond acceptors (Lipinski definition) is 7. The van der Waals surface area contributed by atoms with E-state index in [1.54, 1.807) is 13.0 Å². The highest BCUT2D eigenvalue weighted by Gasteiger charge is 2.33. The molecule has 0 aliphatic carbocycles. The van der Waals surface area contributed by atoms with Crippen LogP contribution in [0.5, 0.6) is 0 Å². The number of hydrogen-bond donors (Lipinski definition) is 3. The fourth-order valence-corrected chi connectivity index (χ4v) is 5.12. The van der Waals surface area contributed by atoms with Crippen molar-refractivity contribution < 1.29 is 28.9 Å². The summed E-state index contributed by atoms with van der Waals surface area (Å²) in [5.41, 5.74) is 3.27. The number of anilines is 1. The Bertz CT molecular complexity index is 1050. The number of carbonyl (C=O) groups excluding carboxylic acids is 2. The van der Waals surface area contributed by atoms with Crippen molar-refractivity contribution in [3.05, 3.63) is 65.2 Å². The zero-order valence-electron chi connectivity index (χ0n) is 22.8. The normalized spacial score (nSPS) is 22.4. The Hall–Kier alpha value is -2.98. The van der Waals surface area contributed by atoms with Crippen molar-refractivity contribution in [2.75, 3.05) is 38.1 Å². The number of nitrogens with zero attached hydrogens (tertiary/aromatic N) is 1. The average Bonchev–Trinajstić information content (AvgIpc) is 2.93. The molecule has 212 valence electrons. The lowest BCUT2D eigenvalue weighted by Gasteiger charge is -2.39. The van der Waals surface area contributed by atoms with Crippen LogP contribution in [0.15, 0.2) is 48.5 Å². The van der Waals surface area contributed by atoms with Gasteiger partial charge in [-0.25, -0.2) is 4.79 Å². The Morgan fingerprint density at radius 2 is 1.74 bits per heavy atom. The third-order valence-electron chi connectivity index (χ3n) is 7.14. The van der Waals surface area contributed by atoms with Crippen LogP contribution in [0.25, 0.3) is 0 Å². The molecule has 2 amide bonds. The van der Waals surface area contributed by atoms with Crippen molar-refractivity contribution in [2.24, 2.45) is 0 Å². The van der Waals surface area contributed by atoms with Crippen LogP contribution in [0, 0.1) is 0 Å². The molecular weight excluding hydrogens is 498 g/mol. The molecule has 2 saturated heterocycles. The molecular formula is C30H41N3O6.